The molecule has 1 N–H and O–H groups in total. The molecule has 2 aromatic rings. The van der Waals surface area contributed by atoms with Crippen LogP contribution >= 0.6 is 35.0 Å². The monoisotopic (exact) mass is 391 g/mol. The minimum atomic E-state index is -0.175. The van der Waals surface area contributed by atoms with Gasteiger partial charge in [0.2, 0.25) is 0 Å². The molecule has 7 heteroatoms. The normalized spacial score (nSPS) is 17.2. The summed E-state index contributed by atoms with van der Waals surface area (Å²) < 4.78 is 0. The van der Waals surface area contributed by atoms with Crippen LogP contribution in [0, 0.1) is 0 Å². The first-order chi connectivity index (χ1) is 11.9. The van der Waals surface area contributed by atoms with Crippen LogP contribution in [0.3, 0.4) is 0 Å². The van der Waals surface area contributed by atoms with Crippen LogP contribution in [-0.2, 0) is 4.79 Å². The summed E-state index contributed by atoms with van der Waals surface area (Å²) in [6.07, 6.45) is 1.84. The molecule has 0 atom stereocenters. The zero-order chi connectivity index (χ0) is 18.0. The molecule has 0 aliphatic carbocycles. The molecule has 4 nitrogen and oxygen atoms in total. The van der Waals surface area contributed by atoms with Gasteiger partial charge in [0.05, 0.1) is 15.6 Å². The van der Waals surface area contributed by atoms with Crippen LogP contribution in [0.15, 0.2) is 52.4 Å². The van der Waals surface area contributed by atoms with Crippen molar-refractivity contribution in [1.82, 2.24) is 5.32 Å². The van der Waals surface area contributed by atoms with Crippen molar-refractivity contribution in [2.75, 3.05) is 19.0 Å². The second-order valence-corrected chi connectivity index (χ2v) is 7.44. The fourth-order valence-corrected chi connectivity index (χ4v) is 3.47. The molecule has 25 heavy (non-hydrogen) atoms. The minimum absolute atomic E-state index is 0.175. The maximum atomic E-state index is 12.2. The SMILES string of the molecule is CN(C)c1ccc(C=C2SC(=Nc3ccc(Cl)cc3Cl)NC2=O)cc1. The lowest BCUT2D eigenvalue weighted by molar-refractivity contribution is -0.115. The van der Waals surface area contributed by atoms with Gasteiger partial charge in [0, 0.05) is 24.8 Å². The summed E-state index contributed by atoms with van der Waals surface area (Å²) in [5.41, 5.74) is 2.62. The van der Waals surface area contributed by atoms with Gasteiger partial charge in [-0.15, -0.1) is 0 Å². The number of thioether (sulfide) groups is 1. The largest absolute Gasteiger partial charge is 0.378 e. The van der Waals surface area contributed by atoms with Crippen molar-refractivity contribution in [3.05, 3.63) is 63.0 Å². The summed E-state index contributed by atoms with van der Waals surface area (Å²) in [4.78, 5) is 19.1. The van der Waals surface area contributed by atoms with E-state index in [1.54, 1.807) is 18.2 Å². The number of benzene rings is 2. The number of nitrogens with zero attached hydrogens (tertiary/aromatic N) is 2. The third-order valence-corrected chi connectivity index (χ3v) is 4.94. The Labute approximate surface area is 160 Å². The molecule has 1 amide bonds. The molecule has 1 heterocycles. The topological polar surface area (TPSA) is 44.7 Å². The Balaban J connectivity index is 1.81. The van der Waals surface area contributed by atoms with Crippen LogP contribution < -0.4 is 10.2 Å². The number of carbonyl (C=O) groups excluding carboxylic acids is 1. The number of hydrogen-bond donors (Lipinski definition) is 1. The third-order valence-electron chi connectivity index (χ3n) is 3.49. The van der Waals surface area contributed by atoms with E-state index >= 15 is 0 Å². The van der Waals surface area contributed by atoms with E-state index < -0.39 is 0 Å². The van der Waals surface area contributed by atoms with Crippen molar-refractivity contribution in [3.8, 4) is 0 Å². The first-order valence-corrected chi connectivity index (χ1v) is 9.01. The zero-order valence-corrected chi connectivity index (χ0v) is 15.9. The van der Waals surface area contributed by atoms with Gasteiger partial charge in [0.1, 0.15) is 0 Å². The average molecular weight is 392 g/mol. The number of rotatable bonds is 3. The summed E-state index contributed by atoms with van der Waals surface area (Å²) in [5, 5.41) is 4.22. The van der Waals surface area contributed by atoms with Crippen molar-refractivity contribution in [1.29, 1.82) is 0 Å². The highest BCUT2D eigenvalue weighted by Crippen LogP contribution is 2.32. The minimum Gasteiger partial charge on any atom is -0.378 e. The lowest BCUT2D eigenvalue weighted by Gasteiger charge is -2.11. The highest BCUT2D eigenvalue weighted by atomic mass is 35.5. The van der Waals surface area contributed by atoms with Gasteiger partial charge < -0.3 is 10.2 Å². The fourth-order valence-electron chi connectivity index (χ4n) is 2.18. The van der Waals surface area contributed by atoms with Gasteiger partial charge in [-0.1, -0.05) is 35.3 Å². The number of halogens is 2. The third kappa shape index (κ3) is 4.37. The molecule has 0 aromatic heterocycles. The molecule has 3 rings (SSSR count). The predicted octanol–water partition coefficient (Wildman–Crippen LogP) is 4.95. The highest BCUT2D eigenvalue weighted by molar-refractivity contribution is 8.18. The van der Waals surface area contributed by atoms with Crippen molar-refractivity contribution >= 4 is 63.5 Å². The van der Waals surface area contributed by atoms with E-state index in [4.69, 9.17) is 23.2 Å². The maximum Gasteiger partial charge on any atom is 0.264 e. The van der Waals surface area contributed by atoms with Gasteiger partial charge in [0.25, 0.3) is 5.91 Å². The molecule has 0 saturated carbocycles. The van der Waals surface area contributed by atoms with Gasteiger partial charge in [-0.2, -0.15) is 0 Å². The first-order valence-electron chi connectivity index (χ1n) is 7.44. The molecule has 2 aromatic carbocycles. The molecule has 1 fully saturated rings. The zero-order valence-electron chi connectivity index (χ0n) is 13.6. The fraction of sp³-hybridized carbons (Fsp3) is 0.111. The first kappa shape index (κ1) is 17.9. The number of carbonyl (C=O) groups is 1. The molecule has 0 bridgehead atoms. The second kappa shape index (κ2) is 7.52. The van der Waals surface area contributed by atoms with Crippen LogP contribution in [0.4, 0.5) is 11.4 Å². The summed E-state index contributed by atoms with van der Waals surface area (Å²) in [6.45, 7) is 0. The Kier molecular flexibility index (Phi) is 5.37. The van der Waals surface area contributed by atoms with Crippen LogP contribution in [0.1, 0.15) is 5.56 Å². The molecular weight excluding hydrogens is 377 g/mol. The average Bonchev–Trinajstić information content (AvgIpc) is 2.90. The summed E-state index contributed by atoms with van der Waals surface area (Å²) in [6, 6.07) is 13.0. The Morgan fingerprint density at radius 3 is 2.48 bits per heavy atom. The number of amidine groups is 1. The molecule has 1 aliphatic heterocycles. The van der Waals surface area contributed by atoms with E-state index in [0.717, 1.165) is 11.3 Å². The maximum absolute atomic E-state index is 12.2. The van der Waals surface area contributed by atoms with Crippen LogP contribution in [0.2, 0.25) is 10.0 Å². The van der Waals surface area contributed by atoms with Gasteiger partial charge in [-0.25, -0.2) is 4.99 Å². The summed E-state index contributed by atoms with van der Waals surface area (Å²) in [5.74, 6) is -0.175. The lowest BCUT2D eigenvalue weighted by Crippen LogP contribution is -2.19. The van der Waals surface area contributed by atoms with Crippen LogP contribution in [0.25, 0.3) is 6.08 Å². The van der Waals surface area contributed by atoms with Crippen LogP contribution in [0.5, 0.6) is 0 Å². The summed E-state index contributed by atoms with van der Waals surface area (Å²) >= 11 is 13.3. The van der Waals surface area contributed by atoms with E-state index in [-0.39, 0.29) is 5.91 Å². The van der Waals surface area contributed by atoms with Crippen molar-refractivity contribution in [2.24, 2.45) is 4.99 Å². The van der Waals surface area contributed by atoms with E-state index in [2.05, 4.69) is 10.3 Å². The van der Waals surface area contributed by atoms with Gasteiger partial charge in [-0.3, -0.25) is 4.79 Å². The number of aliphatic imine (C=N–C) groups is 1. The van der Waals surface area contributed by atoms with E-state index in [1.807, 2.05) is 49.3 Å². The van der Waals surface area contributed by atoms with Gasteiger partial charge in [0.15, 0.2) is 5.17 Å². The van der Waals surface area contributed by atoms with Gasteiger partial charge >= 0.3 is 0 Å². The van der Waals surface area contributed by atoms with Crippen molar-refractivity contribution < 1.29 is 4.79 Å². The molecule has 1 saturated heterocycles. The molecule has 0 unspecified atom stereocenters. The smallest absolute Gasteiger partial charge is 0.264 e. The number of hydrogen-bond acceptors (Lipinski definition) is 4. The molecule has 1 aliphatic rings. The quantitative estimate of drug-likeness (QED) is 0.752. The number of anilines is 1. The molecule has 128 valence electrons. The van der Waals surface area contributed by atoms with Crippen molar-refractivity contribution in [2.45, 2.75) is 0 Å². The van der Waals surface area contributed by atoms with E-state index in [0.29, 0.717) is 25.8 Å². The lowest BCUT2D eigenvalue weighted by atomic mass is 10.2. The van der Waals surface area contributed by atoms with Crippen molar-refractivity contribution in [3.63, 3.8) is 0 Å². The Morgan fingerprint density at radius 2 is 1.84 bits per heavy atom. The Bertz CT molecular complexity index is 876. The second-order valence-electron chi connectivity index (χ2n) is 5.56. The molecule has 0 spiro atoms. The summed E-state index contributed by atoms with van der Waals surface area (Å²) in [7, 11) is 3.97. The number of amides is 1. The van der Waals surface area contributed by atoms with E-state index in [9.17, 15) is 4.79 Å². The standard InChI is InChI=1S/C18H15Cl2N3OS/c1-23(2)13-6-3-11(4-7-13)9-16-17(24)22-18(25-16)21-15-8-5-12(19)10-14(15)20/h3-10H,1-2H3,(H,21,22,24). The predicted molar refractivity (Wildman–Crippen MR) is 108 cm³/mol. The Morgan fingerprint density at radius 1 is 1.12 bits per heavy atom. The van der Waals surface area contributed by atoms with Gasteiger partial charge in [-0.05, 0) is 53.7 Å². The highest BCUT2D eigenvalue weighted by Gasteiger charge is 2.24. The number of nitrogens with one attached hydrogen (secondary N) is 1. The van der Waals surface area contributed by atoms with Crippen LogP contribution in [-0.4, -0.2) is 25.2 Å². The molecular formula is C18H15Cl2N3OS. The molecule has 0 radical (unpaired) electrons. The van der Waals surface area contributed by atoms with E-state index in [1.165, 1.54) is 11.8 Å². The Hall–Kier alpha value is -1.95.